The minimum absolute atomic E-state index is 0.189. The molecule has 2 saturated heterocycles. The van der Waals surface area contributed by atoms with E-state index in [-0.39, 0.29) is 11.3 Å². The number of hydrogen-bond acceptors (Lipinski definition) is 6. The fourth-order valence-electron chi connectivity index (χ4n) is 7.66. The van der Waals surface area contributed by atoms with Crippen LogP contribution in [0.25, 0.3) is 0 Å². The highest BCUT2D eigenvalue weighted by Gasteiger charge is 2.67. The molecule has 3 heterocycles. The van der Waals surface area contributed by atoms with Gasteiger partial charge in [0.2, 0.25) is 5.91 Å². The fourth-order valence-corrected chi connectivity index (χ4v) is 7.66. The Morgan fingerprint density at radius 1 is 1.00 bits per heavy atom. The van der Waals surface area contributed by atoms with E-state index in [2.05, 4.69) is 63.3 Å². The predicted molar refractivity (Wildman–Crippen MR) is 141 cm³/mol. The van der Waals surface area contributed by atoms with Gasteiger partial charge in [0.15, 0.2) is 0 Å². The molecule has 0 bridgehead atoms. The molecule has 7 rings (SSSR count). The van der Waals surface area contributed by atoms with Gasteiger partial charge in [-0.25, -0.2) is 5.43 Å². The van der Waals surface area contributed by atoms with Crippen LogP contribution < -0.4 is 25.8 Å². The van der Waals surface area contributed by atoms with Gasteiger partial charge in [0.05, 0.1) is 18.6 Å². The molecule has 7 nitrogen and oxygen atoms in total. The summed E-state index contributed by atoms with van der Waals surface area (Å²) in [7, 11) is 3.89. The van der Waals surface area contributed by atoms with Gasteiger partial charge in [-0.15, -0.1) is 0 Å². The monoisotopic (exact) mass is 487 g/mol. The number of methoxy groups -OCH3 is 1. The Balaban J connectivity index is 1.03. The van der Waals surface area contributed by atoms with Crippen LogP contribution in [-0.4, -0.2) is 57.2 Å². The van der Waals surface area contributed by atoms with E-state index in [0.717, 1.165) is 56.0 Å². The summed E-state index contributed by atoms with van der Waals surface area (Å²) in [6.07, 6.45) is 4.48. The van der Waals surface area contributed by atoms with Crippen molar-refractivity contribution in [1.29, 1.82) is 0 Å². The van der Waals surface area contributed by atoms with Crippen LogP contribution in [0.4, 0.5) is 11.4 Å². The molecular weight excluding hydrogens is 450 g/mol. The molecule has 7 heteroatoms. The molecule has 1 amide bonds. The lowest BCUT2D eigenvalue weighted by atomic mass is 9.72. The number of hydrazine groups is 1. The number of carbonyl (C=O) groups is 1. The summed E-state index contributed by atoms with van der Waals surface area (Å²) in [5.74, 6) is 2.61. The molecule has 190 valence electrons. The van der Waals surface area contributed by atoms with Crippen LogP contribution in [0.2, 0.25) is 0 Å². The molecule has 1 spiro atoms. The molecule has 2 aromatic carbocycles. The number of ether oxygens (including phenoxy) is 1. The van der Waals surface area contributed by atoms with Gasteiger partial charge in [-0.1, -0.05) is 12.1 Å². The largest absolute Gasteiger partial charge is 0.497 e. The number of amides is 1. The smallest absolute Gasteiger partial charge is 0.235 e. The lowest BCUT2D eigenvalue weighted by Crippen LogP contribution is -2.44. The number of benzene rings is 2. The molecule has 4 unspecified atom stereocenters. The molecule has 36 heavy (non-hydrogen) atoms. The van der Waals surface area contributed by atoms with Gasteiger partial charge in [-0.3, -0.25) is 10.2 Å². The molecule has 5 aliphatic rings. The fraction of sp³-hybridized carbons (Fsp3) is 0.552. The number of carbonyl (C=O) groups excluding carboxylic acids is 1. The molecule has 3 aliphatic heterocycles. The Morgan fingerprint density at radius 3 is 2.58 bits per heavy atom. The highest BCUT2D eigenvalue weighted by molar-refractivity contribution is 6.09. The van der Waals surface area contributed by atoms with Crippen molar-refractivity contribution in [2.75, 3.05) is 50.6 Å². The van der Waals surface area contributed by atoms with Crippen LogP contribution >= 0.6 is 0 Å². The summed E-state index contributed by atoms with van der Waals surface area (Å²) in [4.78, 5) is 18.0. The Kier molecular flexibility index (Phi) is 5.31. The Morgan fingerprint density at radius 2 is 1.81 bits per heavy atom. The second-order valence-corrected chi connectivity index (χ2v) is 11.6. The first-order valence-electron chi connectivity index (χ1n) is 13.6. The maximum Gasteiger partial charge on any atom is 0.235 e. The summed E-state index contributed by atoms with van der Waals surface area (Å²) in [6.45, 7) is 4.46. The number of nitrogens with one attached hydrogen (secondary N) is 3. The van der Waals surface area contributed by atoms with E-state index in [1.54, 1.807) is 7.11 Å². The van der Waals surface area contributed by atoms with Gasteiger partial charge < -0.3 is 19.9 Å². The van der Waals surface area contributed by atoms with Crippen LogP contribution in [0.1, 0.15) is 42.9 Å². The van der Waals surface area contributed by atoms with Crippen LogP contribution in [0.15, 0.2) is 42.5 Å². The van der Waals surface area contributed by atoms with E-state index < -0.39 is 0 Å². The maximum absolute atomic E-state index is 13.1. The van der Waals surface area contributed by atoms with Gasteiger partial charge in [0, 0.05) is 43.6 Å². The van der Waals surface area contributed by atoms with E-state index in [9.17, 15) is 4.79 Å². The van der Waals surface area contributed by atoms with E-state index in [0.29, 0.717) is 29.8 Å². The van der Waals surface area contributed by atoms with Crippen molar-refractivity contribution < 1.29 is 9.53 Å². The number of hydrogen-bond donors (Lipinski definition) is 3. The zero-order valence-corrected chi connectivity index (χ0v) is 21.3. The normalized spacial score (nSPS) is 35.4. The minimum Gasteiger partial charge on any atom is -0.497 e. The van der Waals surface area contributed by atoms with Gasteiger partial charge in [-0.05, 0) is 91.9 Å². The third-order valence-corrected chi connectivity index (χ3v) is 9.86. The predicted octanol–water partition coefficient (Wildman–Crippen LogP) is 3.29. The molecule has 2 aliphatic carbocycles. The van der Waals surface area contributed by atoms with Crippen LogP contribution in [0, 0.1) is 17.8 Å². The van der Waals surface area contributed by atoms with Crippen LogP contribution in [0.3, 0.4) is 0 Å². The van der Waals surface area contributed by atoms with E-state index in [1.807, 2.05) is 12.1 Å². The highest BCUT2D eigenvalue weighted by Crippen LogP contribution is 2.65. The van der Waals surface area contributed by atoms with E-state index in [4.69, 9.17) is 4.74 Å². The van der Waals surface area contributed by atoms with Gasteiger partial charge in [-0.2, -0.15) is 0 Å². The lowest BCUT2D eigenvalue weighted by molar-refractivity contribution is -0.118. The standard InChI is InChI=1S/C29H37N5O2/c1-33-11-13-34(14-12-33)20-6-3-18(4-7-20)27-22-9-5-19(15-26(22)31-32-27)24-17-29(24)23-16-21(36-2)8-10-25(23)30-28(29)35/h3-4,6-8,10,16,19,22,24,26-27,31-32H,5,9,11-15,17H2,1-2H3,(H,30,35)/t19?,22?,24-,26?,27?,29-/m0/s1. The number of fused-ring (bicyclic) bond motifs is 3. The first-order valence-corrected chi connectivity index (χ1v) is 13.6. The summed E-state index contributed by atoms with van der Waals surface area (Å²) < 4.78 is 5.47. The summed E-state index contributed by atoms with van der Waals surface area (Å²) in [5, 5.41) is 3.15. The topological polar surface area (TPSA) is 68.9 Å². The maximum atomic E-state index is 13.1. The number of rotatable bonds is 4. The summed E-state index contributed by atoms with van der Waals surface area (Å²) in [5.41, 5.74) is 11.8. The molecule has 0 radical (unpaired) electrons. The molecule has 3 N–H and O–H groups in total. The van der Waals surface area contributed by atoms with E-state index >= 15 is 0 Å². The molecule has 0 aromatic heterocycles. The Hall–Kier alpha value is -2.61. The molecule has 2 aromatic rings. The number of anilines is 2. The first-order chi connectivity index (χ1) is 17.6. The van der Waals surface area contributed by atoms with Gasteiger partial charge in [0.1, 0.15) is 5.75 Å². The number of piperazine rings is 1. The van der Waals surface area contributed by atoms with Crippen molar-refractivity contribution in [3.63, 3.8) is 0 Å². The zero-order valence-electron chi connectivity index (χ0n) is 21.3. The van der Waals surface area contributed by atoms with Crippen molar-refractivity contribution >= 4 is 17.3 Å². The Bertz CT molecular complexity index is 1160. The molecule has 2 saturated carbocycles. The summed E-state index contributed by atoms with van der Waals surface area (Å²) >= 11 is 0. The molecule has 6 atom stereocenters. The molecular formula is C29H37N5O2. The second-order valence-electron chi connectivity index (χ2n) is 11.6. The minimum atomic E-state index is -0.341. The molecule has 4 fully saturated rings. The Labute approximate surface area is 213 Å². The van der Waals surface area contributed by atoms with Crippen LogP contribution in [-0.2, 0) is 10.2 Å². The number of likely N-dealkylation sites (N-methyl/N-ethyl adjacent to an activating group) is 1. The third-order valence-electron chi connectivity index (χ3n) is 9.86. The van der Waals surface area contributed by atoms with Crippen molar-refractivity contribution in [1.82, 2.24) is 15.8 Å². The summed E-state index contributed by atoms with van der Waals surface area (Å²) in [6, 6.07) is 16.1. The van der Waals surface area contributed by atoms with E-state index in [1.165, 1.54) is 24.1 Å². The van der Waals surface area contributed by atoms with Crippen molar-refractivity contribution in [2.45, 2.75) is 43.2 Å². The SMILES string of the molecule is COc1ccc2c(c1)[C@]1(C[C@H]1C1CCC3C(C1)NNC3c1ccc(N3CCN(C)CC3)cc1)C(=O)N2. The average Bonchev–Trinajstić information content (AvgIpc) is 3.44. The van der Waals surface area contributed by atoms with Gasteiger partial charge >= 0.3 is 0 Å². The first kappa shape index (κ1) is 22.6. The van der Waals surface area contributed by atoms with Crippen molar-refractivity contribution in [3.8, 4) is 5.75 Å². The zero-order chi connectivity index (χ0) is 24.4. The second kappa shape index (κ2) is 8.47. The van der Waals surface area contributed by atoms with Crippen LogP contribution in [0.5, 0.6) is 5.75 Å². The van der Waals surface area contributed by atoms with Crippen molar-refractivity contribution in [2.24, 2.45) is 17.8 Å². The lowest BCUT2D eigenvalue weighted by Gasteiger charge is -2.35. The third kappa shape index (κ3) is 3.47. The van der Waals surface area contributed by atoms with Gasteiger partial charge in [0.25, 0.3) is 0 Å². The highest BCUT2D eigenvalue weighted by atomic mass is 16.5. The quantitative estimate of drug-likeness (QED) is 0.615. The number of nitrogens with zero attached hydrogens (tertiary/aromatic N) is 2. The van der Waals surface area contributed by atoms with Crippen molar-refractivity contribution in [3.05, 3.63) is 53.6 Å². The average molecular weight is 488 g/mol.